The third-order valence-corrected chi connectivity index (χ3v) is 8.20. The number of nitrogens with zero attached hydrogens (tertiary/aromatic N) is 2. The number of carbonyl (C=O) groups is 1. The van der Waals surface area contributed by atoms with E-state index in [9.17, 15) is 13.2 Å². The lowest BCUT2D eigenvalue weighted by Gasteiger charge is -2.27. The van der Waals surface area contributed by atoms with E-state index in [0.29, 0.717) is 37.7 Å². The molecule has 1 atom stereocenters. The van der Waals surface area contributed by atoms with E-state index >= 15 is 0 Å². The summed E-state index contributed by atoms with van der Waals surface area (Å²) in [5, 5.41) is 2.91. The second-order valence-corrected chi connectivity index (χ2v) is 10.9. The first-order valence-electron chi connectivity index (χ1n) is 11.0. The normalized spacial score (nSPS) is 18.2. The lowest BCUT2D eigenvalue weighted by atomic mass is 10.2. The van der Waals surface area contributed by atoms with Crippen LogP contribution in [0, 0.1) is 0 Å². The van der Waals surface area contributed by atoms with E-state index in [2.05, 4.69) is 26.1 Å². The fraction of sp³-hybridized carbons (Fsp3) is 0.435. The average molecular weight is 538 g/mol. The molecule has 8 nitrogen and oxygen atoms in total. The molecule has 1 N–H and O–H groups in total. The van der Waals surface area contributed by atoms with Crippen molar-refractivity contribution in [2.75, 3.05) is 49.6 Å². The smallest absolute Gasteiger partial charge is 0.265 e. The number of hydrogen-bond donors (Lipinski definition) is 1. The average Bonchev–Trinajstić information content (AvgIpc) is 3.36. The number of ether oxygens (including phenoxy) is 2. The van der Waals surface area contributed by atoms with Crippen LogP contribution in [-0.4, -0.2) is 64.1 Å². The number of hydrogen-bond acceptors (Lipinski definition) is 6. The summed E-state index contributed by atoms with van der Waals surface area (Å²) < 4.78 is 39.8. The van der Waals surface area contributed by atoms with Gasteiger partial charge in [-0.3, -0.25) is 4.79 Å². The zero-order chi connectivity index (χ0) is 23.4. The number of morpholine rings is 1. The molecule has 2 aliphatic rings. The molecule has 0 spiro atoms. The summed E-state index contributed by atoms with van der Waals surface area (Å²) in [6.45, 7) is 4.78. The van der Waals surface area contributed by atoms with Gasteiger partial charge in [-0.1, -0.05) is 15.9 Å². The third-order valence-electron chi connectivity index (χ3n) is 5.78. The molecule has 0 aliphatic carbocycles. The Kier molecular flexibility index (Phi) is 7.58. The Morgan fingerprint density at radius 2 is 1.73 bits per heavy atom. The Morgan fingerprint density at radius 1 is 1.06 bits per heavy atom. The van der Waals surface area contributed by atoms with Gasteiger partial charge in [-0.2, -0.15) is 4.31 Å². The number of anilines is 2. The Morgan fingerprint density at radius 3 is 2.39 bits per heavy atom. The molecule has 2 fully saturated rings. The number of sulfonamides is 1. The minimum Gasteiger partial charge on any atom is -0.481 e. The maximum Gasteiger partial charge on any atom is 0.265 e. The van der Waals surface area contributed by atoms with Crippen molar-refractivity contribution >= 4 is 43.2 Å². The number of halogens is 1. The summed E-state index contributed by atoms with van der Waals surface area (Å²) in [6.07, 6.45) is 1.35. The van der Waals surface area contributed by atoms with Crippen LogP contribution in [0.25, 0.3) is 0 Å². The second-order valence-electron chi connectivity index (χ2n) is 8.09. The first-order chi connectivity index (χ1) is 15.8. The monoisotopic (exact) mass is 537 g/mol. The summed E-state index contributed by atoms with van der Waals surface area (Å²) in [5.74, 6) is 0.226. The Labute approximate surface area is 203 Å². The van der Waals surface area contributed by atoms with Crippen LogP contribution in [0.1, 0.15) is 19.8 Å². The molecule has 2 aliphatic heterocycles. The Bertz CT molecular complexity index is 1080. The number of amides is 1. The van der Waals surface area contributed by atoms with Crippen LogP contribution in [0.3, 0.4) is 0 Å². The van der Waals surface area contributed by atoms with E-state index < -0.39 is 16.1 Å². The highest BCUT2D eigenvalue weighted by molar-refractivity contribution is 9.10. The fourth-order valence-electron chi connectivity index (χ4n) is 3.95. The molecule has 0 saturated carbocycles. The molecular formula is C23H28BrN3O5S. The van der Waals surface area contributed by atoms with Crippen molar-refractivity contribution in [3.8, 4) is 5.75 Å². The predicted molar refractivity (Wildman–Crippen MR) is 130 cm³/mol. The quantitative estimate of drug-likeness (QED) is 0.581. The maximum atomic E-state index is 13.2. The van der Waals surface area contributed by atoms with Gasteiger partial charge in [-0.25, -0.2) is 8.42 Å². The van der Waals surface area contributed by atoms with E-state index in [1.54, 1.807) is 37.3 Å². The van der Waals surface area contributed by atoms with Crippen LogP contribution in [0.2, 0.25) is 0 Å². The fourth-order valence-corrected chi connectivity index (χ4v) is 5.65. The molecule has 0 unspecified atom stereocenters. The van der Waals surface area contributed by atoms with Gasteiger partial charge < -0.3 is 19.7 Å². The van der Waals surface area contributed by atoms with E-state index in [1.165, 1.54) is 4.31 Å². The van der Waals surface area contributed by atoms with Gasteiger partial charge in [0.2, 0.25) is 10.0 Å². The summed E-state index contributed by atoms with van der Waals surface area (Å²) in [6, 6.07) is 12.2. The lowest BCUT2D eigenvalue weighted by Crippen LogP contribution is -2.40. The van der Waals surface area contributed by atoms with Gasteiger partial charge in [-0.15, -0.1) is 0 Å². The molecule has 33 heavy (non-hydrogen) atoms. The summed E-state index contributed by atoms with van der Waals surface area (Å²) in [4.78, 5) is 15.3. The predicted octanol–water partition coefficient (Wildman–Crippen LogP) is 3.48. The van der Waals surface area contributed by atoms with Gasteiger partial charge in [0.15, 0.2) is 6.10 Å². The Balaban J connectivity index is 1.58. The van der Waals surface area contributed by atoms with Gasteiger partial charge in [-0.05, 0) is 62.2 Å². The van der Waals surface area contributed by atoms with Gasteiger partial charge in [0.25, 0.3) is 5.91 Å². The third kappa shape index (κ3) is 5.68. The van der Waals surface area contributed by atoms with Crippen LogP contribution >= 0.6 is 15.9 Å². The van der Waals surface area contributed by atoms with Gasteiger partial charge in [0.1, 0.15) is 5.75 Å². The van der Waals surface area contributed by atoms with E-state index in [0.717, 1.165) is 36.1 Å². The topological polar surface area (TPSA) is 88.2 Å². The maximum absolute atomic E-state index is 13.2. The van der Waals surface area contributed by atoms with Gasteiger partial charge >= 0.3 is 0 Å². The van der Waals surface area contributed by atoms with Crippen LogP contribution < -0.4 is 15.0 Å². The number of benzene rings is 2. The number of nitrogens with one attached hydrogen (secondary N) is 1. The van der Waals surface area contributed by atoms with E-state index in [1.807, 2.05) is 12.1 Å². The molecule has 2 aromatic rings. The van der Waals surface area contributed by atoms with Crippen molar-refractivity contribution in [1.82, 2.24) is 4.31 Å². The molecule has 1 amide bonds. The molecule has 2 saturated heterocycles. The molecule has 2 heterocycles. The molecule has 0 aromatic heterocycles. The van der Waals surface area contributed by atoms with Gasteiger partial charge in [0.05, 0.1) is 29.5 Å². The zero-order valence-electron chi connectivity index (χ0n) is 18.5. The Hall–Kier alpha value is -2.14. The van der Waals surface area contributed by atoms with Crippen LogP contribution in [0.4, 0.5) is 11.4 Å². The minimum absolute atomic E-state index is 0.157. The van der Waals surface area contributed by atoms with Crippen molar-refractivity contribution in [3.63, 3.8) is 0 Å². The summed E-state index contributed by atoms with van der Waals surface area (Å²) >= 11 is 3.38. The van der Waals surface area contributed by atoms with E-state index in [4.69, 9.17) is 9.47 Å². The highest BCUT2D eigenvalue weighted by atomic mass is 79.9. The molecule has 178 valence electrons. The molecule has 4 rings (SSSR count). The molecular weight excluding hydrogens is 510 g/mol. The second kappa shape index (κ2) is 10.4. The SMILES string of the molecule is C[C@H](Oc1ccc(Br)cc1)C(=O)Nc1cc(S(=O)(=O)N2CCOCC2)ccc1N1CCCC1. The molecule has 2 aromatic carbocycles. The van der Waals surface area contributed by atoms with Crippen molar-refractivity contribution in [2.24, 2.45) is 0 Å². The molecule has 10 heteroatoms. The largest absolute Gasteiger partial charge is 0.481 e. The number of rotatable bonds is 7. The lowest BCUT2D eigenvalue weighted by molar-refractivity contribution is -0.122. The van der Waals surface area contributed by atoms with Crippen molar-refractivity contribution < 1.29 is 22.7 Å². The van der Waals surface area contributed by atoms with Crippen molar-refractivity contribution in [3.05, 3.63) is 46.9 Å². The molecule has 0 radical (unpaired) electrons. The van der Waals surface area contributed by atoms with Crippen LogP contribution in [0.5, 0.6) is 5.75 Å². The van der Waals surface area contributed by atoms with Crippen molar-refractivity contribution in [2.45, 2.75) is 30.8 Å². The number of carbonyl (C=O) groups excluding carboxylic acids is 1. The highest BCUT2D eigenvalue weighted by Gasteiger charge is 2.28. The highest BCUT2D eigenvalue weighted by Crippen LogP contribution is 2.33. The van der Waals surface area contributed by atoms with E-state index in [-0.39, 0.29) is 10.8 Å². The first-order valence-corrected chi connectivity index (χ1v) is 13.3. The van der Waals surface area contributed by atoms with Gasteiger partial charge in [0, 0.05) is 30.7 Å². The van der Waals surface area contributed by atoms with Crippen molar-refractivity contribution in [1.29, 1.82) is 0 Å². The first kappa shape index (κ1) is 24.0. The standard InChI is InChI=1S/C23H28BrN3O5S/c1-17(32-19-6-4-18(24)5-7-19)23(28)25-21-16-20(8-9-22(21)26-10-2-3-11-26)33(29,30)27-12-14-31-15-13-27/h4-9,16-17H,2-3,10-15H2,1H3,(H,25,28)/t17-/m0/s1. The molecule has 0 bridgehead atoms. The van der Waals surface area contributed by atoms with Crippen LogP contribution in [0.15, 0.2) is 51.8 Å². The summed E-state index contributed by atoms with van der Waals surface area (Å²) in [7, 11) is -3.69. The minimum atomic E-state index is -3.69. The zero-order valence-corrected chi connectivity index (χ0v) is 20.9. The van der Waals surface area contributed by atoms with Crippen LogP contribution in [-0.2, 0) is 19.6 Å². The summed E-state index contributed by atoms with van der Waals surface area (Å²) in [5.41, 5.74) is 1.29.